The molecule has 0 aromatic rings. The van der Waals surface area contributed by atoms with E-state index in [1.165, 1.54) is 45.6 Å². The summed E-state index contributed by atoms with van der Waals surface area (Å²) in [5.41, 5.74) is 2.12. The predicted octanol–water partition coefficient (Wildman–Crippen LogP) is 5.76. The molecule has 2 aliphatic rings. The molecule has 132 valence electrons. The molecular formula is C21H36O2. The molecule has 0 saturated heterocycles. The molecule has 0 aromatic carbocycles. The largest absolute Gasteiger partial charge is 0.466 e. The van der Waals surface area contributed by atoms with Crippen LogP contribution in [0, 0.1) is 28.6 Å². The molecule has 0 aromatic heterocycles. The fourth-order valence-corrected chi connectivity index (χ4v) is 5.94. The van der Waals surface area contributed by atoms with Gasteiger partial charge in [-0.25, -0.2) is 4.79 Å². The number of rotatable bonds is 4. The Hall–Kier alpha value is -0.790. The van der Waals surface area contributed by atoms with Gasteiger partial charge in [0.1, 0.15) is 0 Å². The summed E-state index contributed by atoms with van der Waals surface area (Å²) in [5.74, 6) is 2.22. The van der Waals surface area contributed by atoms with E-state index in [0.717, 1.165) is 29.7 Å². The van der Waals surface area contributed by atoms with Crippen LogP contribution in [0.4, 0.5) is 0 Å². The van der Waals surface area contributed by atoms with Gasteiger partial charge in [-0.3, -0.25) is 0 Å². The van der Waals surface area contributed by atoms with E-state index < -0.39 is 0 Å². The van der Waals surface area contributed by atoms with Gasteiger partial charge in [0.05, 0.1) is 7.11 Å². The van der Waals surface area contributed by atoms with E-state index in [-0.39, 0.29) is 5.97 Å². The second-order valence-electron chi connectivity index (χ2n) is 9.11. The van der Waals surface area contributed by atoms with Crippen LogP contribution in [0.15, 0.2) is 11.6 Å². The van der Waals surface area contributed by atoms with Crippen molar-refractivity contribution in [3.63, 3.8) is 0 Å². The minimum Gasteiger partial charge on any atom is -0.466 e. The van der Waals surface area contributed by atoms with Crippen molar-refractivity contribution in [1.82, 2.24) is 0 Å². The Morgan fingerprint density at radius 3 is 2.57 bits per heavy atom. The van der Waals surface area contributed by atoms with Gasteiger partial charge in [0.25, 0.3) is 0 Å². The summed E-state index contributed by atoms with van der Waals surface area (Å²) in [7, 11) is 1.45. The SMILES string of the molecule is COC(=O)/C=C(\C)CC[C@H]1[C@@H](C)CC[C@H]2C(C)(C)CCC[C@]12C. The molecule has 23 heavy (non-hydrogen) atoms. The minimum atomic E-state index is -0.220. The summed E-state index contributed by atoms with van der Waals surface area (Å²) >= 11 is 0. The molecule has 0 radical (unpaired) electrons. The predicted molar refractivity (Wildman–Crippen MR) is 96.1 cm³/mol. The number of fused-ring (bicyclic) bond motifs is 1. The highest BCUT2D eigenvalue weighted by molar-refractivity contribution is 5.82. The molecule has 2 fully saturated rings. The van der Waals surface area contributed by atoms with Gasteiger partial charge in [-0.1, -0.05) is 46.1 Å². The van der Waals surface area contributed by atoms with Crippen LogP contribution in [0.1, 0.15) is 79.6 Å². The maximum Gasteiger partial charge on any atom is 0.330 e. The first-order chi connectivity index (χ1) is 10.7. The van der Waals surface area contributed by atoms with Crippen molar-refractivity contribution in [2.24, 2.45) is 28.6 Å². The van der Waals surface area contributed by atoms with Gasteiger partial charge in [-0.15, -0.1) is 0 Å². The number of hydrogen-bond acceptors (Lipinski definition) is 2. The molecule has 2 nitrogen and oxygen atoms in total. The summed E-state index contributed by atoms with van der Waals surface area (Å²) in [6, 6.07) is 0. The zero-order valence-corrected chi connectivity index (χ0v) is 16.1. The maximum absolute atomic E-state index is 11.4. The monoisotopic (exact) mass is 320 g/mol. The zero-order chi connectivity index (χ0) is 17.3. The summed E-state index contributed by atoms with van der Waals surface area (Å²) in [5, 5.41) is 0. The van der Waals surface area contributed by atoms with Crippen molar-refractivity contribution in [2.45, 2.75) is 79.6 Å². The van der Waals surface area contributed by atoms with Crippen LogP contribution in [0.5, 0.6) is 0 Å². The van der Waals surface area contributed by atoms with Crippen LogP contribution in [-0.2, 0) is 9.53 Å². The summed E-state index contributed by atoms with van der Waals surface area (Å²) < 4.78 is 4.75. The number of hydrogen-bond donors (Lipinski definition) is 0. The molecule has 0 aliphatic heterocycles. The van der Waals surface area contributed by atoms with Crippen LogP contribution in [-0.4, -0.2) is 13.1 Å². The van der Waals surface area contributed by atoms with Crippen molar-refractivity contribution < 1.29 is 9.53 Å². The third kappa shape index (κ3) is 3.83. The first-order valence-corrected chi connectivity index (χ1v) is 9.46. The summed E-state index contributed by atoms with van der Waals surface area (Å²) in [6.45, 7) is 12.1. The van der Waals surface area contributed by atoms with Gasteiger partial charge < -0.3 is 4.74 Å². The van der Waals surface area contributed by atoms with Crippen molar-refractivity contribution in [1.29, 1.82) is 0 Å². The molecular weight excluding hydrogens is 284 g/mol. The van der Waals surface area contributed by atoms with Gasteiger partial charge in [-0.2, -0.15) is 0 Å². The number of carbonyl (C=O) groups is 1. The number of ether oxygens (including phenoxy) is 1. The molecule has 0 spiro atoms. The number of esters is 1. The second-order valence-corrected chi connectivity index (χ2v) is 9.11. The quantitative estimate of drug-likeness (QED) is 0.486. The first-order valence-electron chi connectivity index (χ1n) is 9.46. The van der Waals surface area contributed by atoms with Crippen molar-refractivity contribution >= 4 is 5.97 Å². The molecule has 2 rings (SSSR count). The second kappa shape index (κ2) is 6.99. The molecule has 0 heterocycles. The van der Waals surface area contributed by atoms with Crippen molar-refractivity contribution in [3.8, 4) is 0 Å². The van der Waals surface area contributed by atoms with Crippen molar-refractivity contribution in [3.05, 3.63) is 11.6 Å². The van der Waals surface area contributed by atoms with E-state index in [1.54, 1.807) is 6.08 Å². The number of allylic oxidation sites excluding steroid dienone is 1. The van der Waals surface area contributed by atoms with E-state index in [4.69, 9.17) is 4.74 Å². The van der Waals surface area contributed by atoms with Gasteiger partial charge in [0, 0.05) is 6.08 Å². The van der Waals surface area contributed by atoms with Gasteiger partial charge in [0.2, 0.25) is 0 Å². The average Bonchev–Trinajstić information content (AvgIpc) is 2.45. The molecule has 2 saturated carbocycles. The van der Waals surface area contributed by atoms with Gasteiger partial charge in [0.15, 0.2) is 0 Å². The topological polar surface area (TPSA) is 26.3 Å². The highest BCUT2D eigenvalue weighted by Crippen LogP contribution is 2.62. The van der Waals surface area contributed by atoms with Gasteiger partial charge >= 0.3 is 5.97 Å². The molecule has 0 unspecified atom stereocenters. The van der Waals surface area contributed by atoms with E-state index in [0.29, 0.717) is 10.8 Å². The highest BCUT2D eigenvalue weighted by Gasteiger charge is 2.53. The maximum atomic E-state index is 11.4. The third-order valence-corrected chi connectivity index (χ3v) is 7.14. The molecule has 2 aliphatic carbocycles. The number of carbonyl (C=O) groups excluding carboxylic acids is 1. The molecule has 4 atom stereocenters. The first kappa shape index (κ1) is 18.5. The van der Waals surface area contributed by atoms with Crippen LogP contribution < -0.4 is 0 Å². The smallest absolute Gasteiger partial charge is 0.330 e. The Morgan fingerprint density at radius 1 is 1.22 bits per heavy atom. The Bertz CT molecular complexity index is 462. The van der Waals surface area contributed by atoms with Crippen LogP contribution in [0.2, 0.25) is 0 Å². The van der Waals surface area contributed by atoms with Crippen LogP contribution >= 0.6 is 0 Å². The minimum absolute atomic E-state index is 0.220. The highest BCUT2D eigenvalue weighted by atomic mass is 16.5. The van der Waals surface area contributed by atoms with E-state index in [2.05, 4.69) is 34.6 Å². The standard InChI is InChI=1S/C21H36O2/c1-15(14-19(22)23-6)8-10-17-16(2)9-11-18-20(3,4)12-7-13-21(17,18)5/h14,16-18H,7-13H2,1-6H3/b15-14+/t16-,17-,18-,21+/m0/s1. The summed E-state index contributed by atoms with van der Waals surface area (Å²) in [4.78, 5) is 11.4. The van der Waals surface area contributed by atoms with Gasteiger partial charge in [-0.05, 0) is 67.6 Å². The fraction of sp³-hybridized carbons (Fsp3) is 0.857. The molecule has 2 heteroatoms. The lowest BCUT2D eigenvalue weighted by Gasteiger charge is -2.59. The third-order valence-electron chi connectivity index (χ3n) is 7.14. The normalized spacial score (nSPS) is 37.1. The van der Waals surface area contributed by atoms with Crippen LogP contribution in [0.3, 0.4) is 0 Å². The zero-order valence-electron chi connectivity index (χ0n) is 16.1. The number of methoxy groups -OCH3 is 1. The van der Waals surface area contributed by atoms with Crippen LogP contribution in [0.25, 0.3) is 0 Å². The van der Waals surface area contributed by atoms with E-state index in [9.17, 15) is 4.79 Å². The Balaban J connectivity index is 2.12. The molecule has 0 N–H and O–H groups in total. The Morgan fingerprint density at radius 2 is 1.91 bits per heavy atom. The fourth-order valence-electron chi connectivity index (χ4n) is 5.94. The van der Waals surface area contributed by atoms with E-state index in [1.807, 2.05) is 0 Å². The Kier molecular flexibility index (Phi) is 5.63. The molecule has 0 bridgehead atoms. The molecule has 0 amide bonds. The Labute approximate surface area is 143 Å². The lowest BCUT2D eigenvalue weighted by atomic mass is 9.46. The van der Waals surface area contributed by atoms with Crippen molar-refractivity contribution in [2.75, 3.05) is 7.11 Å². The lowest BCUT2D eigenvalue weighted by Crippen LogP contribution is -2.51. The summed E-state index contributed by atoms with van der Waals surface area (Å²) in [6.07, 6.45) is 10.8. The average molecular weight is 321 g/mol. The van der Waals surface area contributed by atoms with E-state index >= 15 is 0 Å². The lowest BCUT2D eigenvalue weighted by molar-refractivity contribution is -0.134.